The SMILES string of the molecule is CC[C@@H](NC(=O)c1ccc(C)c(S(=O)(=O)N2CCCCC2)c1)c1ccc(C)cc1C. The summed E-state index contributed by atoms with van der Waals surface area (Å²) in [6.07, 6.45) is 3.57. The van der Waals surface area contributed by atoms with Crippen LogP contribution in [-0.4, -0.2) is 31.7 Å². The van der Waals surface area contributed by atoms with E-state index in [2.05, 4.69) is 17.4 Å². The van der Waals surface area contributed by atoms with E-state index in [0.29, 0.717) is 24.2 Å². The van der Waals surface area contributed by atoms with Gasteiger partial charge in [-0.25, -0.2) is 8.42 Å². The monoisotopic (exact) mass is 428 g/mol. The molecule has 2 aromatic rings. The van der Waals surface area contributed by atoms with Gasteiger partial charge < -0.3 is 5.32 Å². The zero-order valence-electron chi connectivity index (χ0n) is 18.4. The summed E-state index contributed by atoms with van der Waals surface area (Å²) >= 11 is 0. The van der Waals surface area contributed by atoms with Gasteiger partial charge in [-0.05, 0) is 68.9 Å². The first kappa shape index (κ1) is 22.5. The third-order valence-corrected chi connectivity index (χ3v) is 7.94. The van der Waals surface area contributed by atoms with Gasteiger partial charge in [-0.1, -0.05) is 43.2 Å². The third-order valence-electron chi connectivity index (χ3n) is 5.90. The first-order valence-electron chi connectivity index (χ1n) is 10.7. The van der Waals surface area contributed by atoms with E-state index in [9.17, 15) is 13.2 Å². The minimum atomic E-state index is -3.59. The summed E-state index contributed by atoms with van der Waals surface area (Å²) in [7, 11) is -3.59. The summed E-state index contributed by atoms with van der Waals surface area (Å²) in [4.78, 5) is 13.2. The number of benzene rings is 2. The smallest absolute Gasteiger partial charge is 0.251 e. The second-order valence-electron chi connectivity index (χ2n) is 8.24. The van der Waals surface area contributed by atoms with Crippen molar-refractivity contribution in [3.63, 3.8) is 0 Å². The van der Waals surface area contributed by atoms with Crippen LogP contribution in [0.3, 0.4) is 0 Å². The number of carbonyl (C=O) groups excluding carboxylic acids is 1. The molecular weight excluding hydrogens is 396 g/mol. The molecule has 30 heavy (non-hydrogen) atoms. The Morgan fingerprint density at radius 3 is 2.33 bits per heavy atom. The maximum Gasteiger partial charge on any atom is 0.251 e. The summed E-state index contributed by atoms with van der Waals surface area (Å²) in [6, 6.07) is 11.1. The lowest BCUT2D eigenvalue weighted by molar-refractivity contribution is 0.0935. The van der Waals surface area contributed by atoms with E-state index in [0.717, 1.165) is 36.8 Å². The fraction of sp³-hybridized carbons (Fsp3) is 0.458. The molecule has 0 bridgehead atoms. The van der Waals surface area contributed by atoms with Crippen molar-refractivity contribution < 1.29 is 13.2 Å². The quantitative estimate of drug-likeness (QED) is 0.727. The van der Waals surface area contributed by atoms with Crippen LogP contribution >= 0.6 is 0 Å². The largest absolute Gasteiger partial charge is 0.345 e. The second kappa shape index (κ2) is 9.31. The van der Waals surface area contributed by atoms with Crippen LogP contribution in [0.5, 0.6) is 0 Å². The van der Waals surface area contributed by atoms with Crippen molar-refractivity contribution in [3.05, 3.63) is 64.2 Å². The third kappa shape index (κ3) is 4.76. The average molecular weight is 429 g/mol. The first-order valence-corrected chi connectivity index (χ1v) is 12.2. The molecule has 0 saturated carbocycles. The molecule has 162 valence electrons. The number of hydrogen-bond donors (Lipinski definition) is 1. The predicted molar refractivity (Wildman–Crippen MR) is 120 cm³/mol. The summed E-state index contributed by atoms with van der Waals surface area (Å²) in [6.45, 7) is 9.00. The van der Waals surface area contributed by atoms with Gasteiger partial charge >= 0.3 is 0 Å². The van der Waals surface area contributed by atoms with Crippen molar-refractivity contribution in [1.82, 2.24) is 9.62 Å². The Hall–Kier alpha value is -2.18. The van der Waals surface area contributed by atoms with Crippen LogP contribution in [0.2, 0.25) is 0 Å². The molecule has 1 fully saturated rings. The maximum atomic E-state index is 13.2. The van der Waals surface area contributed by atoms with Gasteiger partial charge in [0.05, 0.1) is 10.9 Å². The summed E-state index contributed by atoms with van der Waals surface area (Å²) in [5.74, 6) is -0.253. The van der Waals surface area contributed by atoms with Crippen LogP contribution in [0.4, 0.5) is 0 Å². The molecule has 1 aliphatic rings. The summed E-state index contributed by atoms with van der Waals surface area (Å²) in [5, 5.41) is 3.09. The lowest BCUT2D eigenvalue weighted by Gasteiger charge is -2.26. The van der Waals surface area contributed by atoms with E-state index in [4.69, 9.17) is 0 Å². The van der Waals surface area contributed by atoms with Crippen molar-refractivity contribution >= 4 is 15.9 Å². The zero-order chi connectivity index (χ0) is 21.9. The van der Waals surface area contributed by atoms with Gasteiger partial charge in [0.15, 0.2) is 0 Å². The molecule has 5 nitrogen and oxygen atoms in total. The van der Waals surface area contributed by atoms with Crippen LogP contribution in [0.1, 0.15) is 71.3 Å². The Morgan fingerprint density at radius 2 is 1.70 bits per heavy atom. The van der Waals surface area contributed by atoms with Crippen molar-refractivity contribution in [2.24, 2.45) is 0 Å². The van der Waals surface area contributed by atoms with Gasteiger partial charge in [0.25, 0.3) is 5.91 Å². The number of carbonyl (C=O) groups is 1. The predicted octanol–water partition coefficient (Wildman–Crippen LogP) is 4.67. The molecular formula is C24H32N2O3S. The lowest BCUT2D eigenvalue weighted by atomic mass is 9.97. The van der Waals surface area contributed by atoms with Crippen LogP contribution < -0.4 is 5.32 Å². The van der Waals surface area contributed by atoms with E-state index in [1.54, 1.807) is 23.4 Å². The number of amides is 1. The molecule has 1 atom stereocenters. The highest BCUT2D eigenvalue weighted by atomic mass is 32.2. The topological polar surface area (TPSA) is 66.5 Å². The standard InChI is InChI=1S/C24H32N2O3S/c1-5-22(21-12-9-17(2)15-19(21)4)25-24(27)20-11-10-18(3)23(16-20)30(28,29)26-13-7-6-8-14-26/h9-12,15-16,22H,5-8,13-14H2,1-4H3,(H,25,27)/t22-/m1/s1. The Bertz CT molecular complexity index is 1020. The van der Waals surface area contributed by atoms with E-state index in [-0.39, 0.29) is 16.8 Å². The first-order chi connectivity index (χ1) is 14.2. The fourth-order valence-corrected chi connectivity index (χ4v) is 5.89. The van der Waals surface area contributed by atoms with Gasteiger partial charge in [-0.3, -0.25) is 4.79 Å². The number of piperidine rings is 1. The second-order valence-corrected chi connectivity index (χ2v) is 10.1. The molecule has 3 rings (SSSR count). The van der Waals surface area contributed by atoms with Gasteiger partial charge in [-0.15, -0.1) is 0 Å². The minimum absolute atomic E-state index is 0.124. The normalized spacial score (nSPS) is 16.3. The van der Waals surface area contributed by atoms with Crippen molar-refractivity contribution in [3.8, 4) is 0 Å². The molecule has 0 radical (unpaired) electrons. The number of nitrogens with zero attached hydrogens (tertiary/aromatic N) is 1. The van der Waals surface area contributed by atoms with Gasteiger partial charge in [0, 0.05) is 18.7 Å². The number of rotatable bonds is 6. The number of nitrogens with one attached hydrogen (secondary N) is 1. The van der Waals surface area contributed by atoms with Gasteiger partial charge in [0.2, 0.25) is 10.0 Å². The molecule has 1 heterocycles. The van der Waals surface area contributed by atoms with Crippen LogP contribution in [0, 0.1) is 20.8 Å². The van der Waals surface area contributed by atoms with Gasteiger partial charge in [-0.2, -0.15) is 4.31 Å². The molecule has 2 aromatic carbocycles. The average Bonchev–Trinajstić information content (AvgIpc) is 2.73. The van der Waals surface area contributed by atoms with E-state index in [1.165, 1.54) is 11.6 Å². The highest BCUT2D eigenvalue weighted by molar-refractivity contribution is 7.89. The van der Waals surface area contributed by atoms with E-state index in [1.807, 2.05) is 26.8 Å². The molecule has 0 unspecified atom stereocenters. The Labute approximate surface area is 180 Å². The number of sulfonamides is 1. The molecule has 1 N–H and O–H groups in total. The zero-order valence-corrected chi connectivity index (χ0v) is 19.2. The molecule has 6 heteroatoms. The maximum absolute atomic E-state index is 13.2. The Kier molecular flexibility index (Phi) is 6.98. The summed E-state index contributed by atoms with van der Waals surface area (Å²) in [5.41, 5.74) is 4.45. The Morgan fingerprint density at radius 1 is 1.00 bits per heavy atom. The molecule has 1 saturated heterocycles. The van der Waals surface area contributed by atoms with Crippen LogP contribution in [0.25, 0.3) is 0 Å². The van der Waals surface area contributed by atoms with Crippen LogP contribution in [0.15, 0.2) is 41.3 Å². The molecule has 0 aromatic heterocycles. The lowest BCUT2D eigenvalue weighted by Crippen LogP contribution is -2.36. The summed E-state index contributed by atoms with van der Waals surface area (Å²) < 4.78 is 27.9. The highest BCUT2D eigenvalue weighted by Crippen LogP contribution is 2.26. The Balaban J connectivity index is 1.86. The fourth-order valence-electron chi connectivity index (χ4n) is 4.12. The van der Waals surface area contributed by atoms with Gasteiger partial charge in [0.1, 0.15) is 0 Å². The van der Waals surface area contributed by atoms with Crippen LogP contribution in [-0.2, 0) is 10.0 Å². The highest BCUT2D eigenvalue weighted by Gasteiger charge is 2.28. The minimum Gasteiger partial charge on any atom is -0.345 e. The molecule has 1 amide bonds. The number of hydrogen-bond acceptors (Lipinski definition) is 3. The van der Waals surface area contributed by atoms with Crippen molar-refractivity contribution in [1.29, 1.82) is 0 Å². The van der Waals surface area contributed by atoms with Crippen molar-refractivity contribution in [2.45, 2.75) is 64.3 Å². The van der Waals surface area contributed by atoms with E-state index >= 15 is 0 Å². The van der Waals surface area contributed by atoms with E-state index < -0.39 is 10.0 Å². The molecule has 0 aliphatic carbocycles. The molecule has 0 spiro atoms. The molecule has 1 aliphatic heterocycles. The van der Waals surface area contributed by atoms with Crippen molar-refractivity contribution in [2.75, 3.05) is 13.1 Å². The number of aryl methyl sites for hydroxylation is 3.